The smallest absolute Gasteiger partial charge is 0.258 e. The van der Waals surface area contributed by atoms with Gasteiger partial charge < -0.3 is 15.0 Å². The summed E-state index contributed by atoms with van der Waals surface area (Å²) in [7, 11) is 3.29. The zero-order chi connectivity index (χ0) is 17.1. The summed E-state index contributed by atoms with van der Waals surface area (Å²) in [6, 6.07) is 7.83. The number of carbonyl (C=O) groups is 1. The third-order valence-electron chi connectivity index (χ3n) is 4.33. The molecule has 5 nitrogen and oxygen atoms in total. The molecule has 0 spiro atoms. The Morgan fingerprint density at radius 1 is 1.38 bits per heavy atom. The second-order valence-corrected chi connectivity index (χ2v) is 5.73. The summed E-state index contributed by atoms with van der Waals surface area (Å²) in [5.41, 5.74) is 1.28. The third-order valence-corrected chi connectivity index (χ3v) is 4.33. The van der Waals surface area contributed by atoms with Gasteiger partial charge in [-0.05, 0) is 48.7 Å². The van der Waals surface area contributed by atoms with Crippen molar-refractivity contribution in [2.45, 2.75) is 18.9 Å². The summed E-state index contributed by atoms with van der Waals surface area (Å²) in [5.74, 6) is 0.487. The van der Waals surface area contributed by atoms with Crippen molar-refractivity contribution in [1.82, 2.24) is 9.88 Å². The van der Waals surface area contributed by atoms with E-state index in [4.69, 9.17) is 4.74 Å². The number of hydrogen-bond donors (Lipinski definition) is 1. The Morgan fingerprint density at radius 2 is 2.21 bits per heavy atom. The van der Waals surface area contributed by atoms with Crippen LogP contribution in [0.15, 0.2) is 36.5 Å². The molecule has 1 aromatic carbocycles. The fourth-order valence-corrected chi connectivity index (χ4v) is 3.15. The minimum absolute atomic E-state index is 0.0411. The number of benzene rings is 1. The van der Waals surface area contributed by atoms with Gasteiger partial charge in [0.05, 0.1) is 18.7 Å². The molecule has 1 aromatic heterocycles. The van der Waals surface area contributed by atoms with E-state index in [0.29, 0.717) is 12.3 Å². The monoisotopic (exact) mass is 329 g/mol. The number of amides is 1. The number of nitrogens with one attached hydrogen (secondary N) is 1. The normalized spacial score (nSPS) is 17.0. The molecule has 2 aromatic rings. The lowest BCUT2D eigenvalue weighted by Gasteiger charge is -2.26. The molecule has 24 heavy (non-hydrogen) atoms. The molecule has 0 aliphatic carbocycles. The number of hydrogen-bond acceptors (Lipinski definition) is 4. The summed E-state index contributed by atoms with van der Waals surface area (Å²) in [6.45, 7) is 0.639. The van der Waals surface area contributed by atoms with Crippen molar-refractivity contribution in [3.63, 3.8) is 0 Å². The Balaban J connectivity index is 1.93. The lowest BCUT2D eigenvalue weighted by molar-refractivity contribution is 0.0731. The Kier molecular flexibility index (Phi) is 4.64. The van der Waals surface area contributed by atoms with Gasteiger partial charge in [-0.3, -0.25) is 4.79 Å². The number of nitrogens with zero attached hydrogens (tertiary/aromatic N) is 2. The van der Waals surface area contributed by atoms with Crippen molar-refractivity contribution in [2.24, 2.45) is 0 Å². The molecule has 1 atom stereocenters. The van der Waals surface area contributed by atoms with E-state index in [1.54, 1.807) is 18.1 Å². The van der Waals surface area contributed by atoms with Crippen molar-refractivity contribution in [1.29, 1.82) is 0 Å². The van der Waals surface area contributed by atoms with Crippen molar-refractivity contribution >= 4 is 11.7 Å². The minimum atomic E-state index is -0.448. The number of likely N-dealkylation sites (tertiary alicyclic amines) is 1. The van der Waals surface area contributed by atoms with Crippen molar-refractivity contribution in [3.05, 3.63) is 53.5 Å². The molecule has 1 fully saturated rings. The van der Waals surface area contributed by atoms with E-state index in [1.165, 1.54) is 25.3 Å². The van der Waals surface area contributed by atoms with E-state index >= 15 is 0 Å². The fraction of sp³-hybridized carbons (Fsp3) is 0.333. The van der Waals surface area contributed by atoms with Crippen LogP contribution in [-0.4, -0.2) is 36.5 Å². The van der Waals surface area contributed by atoms with Crippen LogP contribution in [0.25, 0.3) is 0 Å². The lowest BCUT2D eigenvalue weighted by atomic mass is 10.0. The Morgan fingerprint density at radius 3 is 2.96 bits per heavy atom. The first-order valence-corrected chi connectivity index (χ1v) is 7.92. The molecule has 1 saturated heterocycles. The Bertz CT molecular complexity index is 751. The molecule has 1 amide bonds. The van der Waals surface area contributed by atoms with Crippen LogP contribution in [0.3, 0.4) is 0 Å². The van der Waals surface area contributed by atoms with Crippen LogP contribution in [0.5, 0.6) is 5.75 Å². The maximum Gasteiger partial charge on any atom is 0.258 e. The van der Waals surface area contributed by atoms with Gasteiger partial charge in [-0.1, -0.05) is 0 Å². The van der Waals surface area contributed by atoms with Crippen molar-refractivity contribution in [2.75, 3.05) is 26.0 Å². The van der Waals surface area contributed by atoms with Crippen LogP contribution in [0, 0.1) is 5.82 Å². The molecule has 1 aliphatic heterocycles. The summed E-state index contributed by atoms with van der Waals surface area (Å²) in [4.78, 5) is 19.0. The molecule has 0 bridgehead atoms. The topological polar surface area (TPSA) is 54.5 Å². The molecule has 126 valence electrons. The number of anilines is 1. The lowest BCUT2D eigenvalue weighted by Crippen LogP contribution is -2.31. The number of halogens is 1. The van der Waals surface area contributed by atoms with Crippen LogP contribution in [-0.2, 0) is 0 Å². The van der Waals surface area contributed by atoms with Gasteiger partial charge in [-0.25, -0.2) is 9.37 Å². The Labute approximate surface area is 140 Å². The Hall–Kier alpha value is -2.63. The van der Waals surface area contributed by atoms with Gasteiger partial charge in [0.25, 0.3) is 5.91 Å². The van der Waals surface area contributed by atoms with Gasteiger partial charge in [0.2, 0.25) is 0 Å². The quantitative estimate of drug-likeness (QED) is 0.935. The molecule has 3 rings (SSSR count). The van der Waals surface area contributed by atoms with E-state index in [-0.39, 0.29) is 17.5 Å². The third kappa shape index (κ3) is 3.04. The molecule has 1 unspecified atom stereocenters. The summed E-state index contributed by atoms with van der Waals surface area (Å²) < 4.78 is 18.8. The first-order valence-electron chi connectivity index (χ1n) is 7.92. The van der Waals surface area contributed by atoms with E-state index < -0.39 is 5.82 Å². The first kappa shape index (κ1) is 16.2. The molecular formula is C18H20FN3O2. The molecule has 0 radical (unpaired) electrons. The number of rotatable bonds is 4. The largest absolute Gasteiger partial charge is 0.496 e. The van der Waals surface area contributed by atoms with Gasteiger partial charge in [0, 0.05) is 19.8 Å². The average Bonchev–Trinajstić information content (AvgIpc) is 3.10. The predicted molar refractivity (Wildman–Crippen MR) is 89.7 cm³/mol. The zero-order valence-corrected chi connectivity index (χ0v) is 13.8. The van der Waals surface area contributed by atoms with Crippen LogP contribution >= 0.6 is 0 Å². The molecule has 0 saturated carbocycles. The van der Waals surface area contributed by atoms with Crippen LogP contribution < -0.4 is 10.1 Å². The van der Waals surface area contributed by atoms with E-state index in [9.17, 15) is 9.18 Å². The van der Waals surface area contributed by atoms with Gasteiger partial charge in [-0.2, -0.15) is 0 Å². The number of aromatic nitrogens is 1. The summed E-state index contributed by atoms with van der Waals surface area (Å²) in [5, 5.41) is 3.01. The second-order valence-electron chi connectivity index (χ2n) is 5.73. The van der Waals surface area contributed by atoms with Crippen LogP contribution in [0.4, 0.5) is 10.2 Å². The highest BCUT2D eigenvalue weighted by molar-refractivity contribution is 5.97. The van der Waals surface area contributed by atoms with Gasteiger partial charge >= 0.3 is 0 Å². The number of methoxy groups -OCH3 is 1. The van der Waals surface area contributed by atoms with Gasteiger partial charge in [0.1, 0.15) is 17.4 Å². The van der Waals surface area contributed by atoms with Gasteiger partial charge in [-0.15, -0.1) is 0 Å². The number of carbonyl (C=O) groups excluding carboxylic acids is 1. The van der Waals surface area contributed by atoms with Crippen molar-refractivity contribution < 1.29 is 13.9 Å². The number of ether oxygens (including phenoxy) is 1. The molecule has 2 heterocycles. The highest BCUT2D eigenvalue weighted by atomic mass is 19.1. The second kappa shape index (κ2) is 6.86. The van der Waals surface area contributed by atoms with Crippen LogP contribution in [0.1, 0.15) is 34.8 Å². The van der Waals surface area contributed by atoms with E-state index in [1.807, 2.05) is 12.1 Å². The molecule has 1 N–H and O–H groups in total. The predicted octanol–water partition coefficient (Wildman–Crippen LogP) is 3.25. The number of pyridine rings is 1. The SMILES string of the molecule is CNc1cc(C2CCCN2C(=O)c2cc(F)ccc2OC)ccn1. The minimum Gasteiger partial charge on any atom is -0.496 e. The highest BCUT2D eigenvalue weighted by Gasteiger charge is 2.32. The van der Waals surface area contributed by atoms with Gasteiger partial charge in [0.15, 0.2) is 0 Å². The summed E-state index contributed by atoms with van der Waals surface area (Å²) >= 11 is 0. The zero-order valence-electron chi connectivity index (χ0n) is 13.8. The maximum absolute atomic E-state index is 13.6. The standard InChI is InChI=1S/C18H20FN3O2/c1-20-17-10-12(7-8-21-17)15-4-3-9-22(15)18(23)14-11-13(19)5-6-16(14)24-2/h5-8,10-11,15H,3-4,9H2,1-2H3,(H,20,21). The first-order chi connectivity index (χ1) is 11.6. The molecular weight excluding hydrogens is 309 g/mol. The summed E-state index contributed by atoms with van der Waals surface area (Å²) in [6.07, 6.45) is 3.51. The van der Waals surface area contributed by atoms with E-state index in [0.717, 1.165) is 24.2 Å². The van der Waals surface area contributed by atoms with E-state index in [2.05, 4.69) is 10.3 Å². The van der Waals surface area contributed by atoms with Crippen LogP contribution in [0.2, 0.25) is 0 Å². The molecule has 1 aliphatic rings. The highest BCUT2D eigenvalue weighted by Crippen LogP contribution is 2.35. The maximum atomic E-state index is 13.6. The molecule has 6 heteroatoms. The van der Waals surface area contributed by atoms with Crippen molar-refractivity contribution in [3.8, 4) is 5.75 Å². The average molecular weight is 329 g/mol. The fourth-order valence-electron chi connectivity index (χ4n) is 3.15.